The van der Waals surface area contributed by atoms with E-state index >= 15 is 0 Å². The summed E-state index contributed by atoms with van der Waals surface area (Å²) in [5.74, 6) is -0.721. The number of carbonyl (C=O) groups is 2. The zero-order valence-corrected chi connectivity index (χ0v) is 22.7. The minimum atomic E-state index is -4.06. The van der Waals surface area contributed by atoms with Gasteiger partial charge in [0.15, 0.2) is 0 Å². The second-order valence-corrected chi connectivity index (χ2v) is 10.8. The second-order valence-electron chi connectivity index (χ2n) is 8.94. The molecule has 3 rings (SSSR count). The van der Waals surface area contributed by atoms with E-state index in [0.717, 1.165) is 21.0 Å². The van der Waals surface area contributed by atoms with Crippen molar-refractivity contribution in [1.29, 1.82) is 0 Å². The number of anilines is 1. The van der Waals surface area contributed by atoms with Gasteiger partial charge in [0.1, 0.15) is 12.6 Å². The lowest BCUT2D eigenvalue weighted by Gasteiger charge is -2.33. The number of para-hydroxylation sites is 1. The second kappa shape index (κ2) is 12.5. The molecule has 196 valence electrons. The van der Waals surface area contributed by atoms with Crippen LogP contribution < -0.4 is 9.62 Å². The summed E-state index contributed by atoms with van der Waals surface area (Å²) in [5.41, 5.74) is 3.03. The molecule has 0 spiro atoms. The van der Waals surface area contributed by atoms with Crippen LogP contribution in [-0.2, 0) is 26.2 Å². The van der Waals surface area contributed by atoms with Crippen LogP contribution in [0.3, 0.4) is 0 Å². The first-order valence-electron chi connectivity index (χ1n) is 12.4. The van der Waals surface area contributed by atoms with Crippen LogP contribution in [0.15, 0.2) is 83.8 Å². The molecule has 0 radical (unpaired) electrons. The summed E-state index contributed by atoms with van der Waals surface area (Å²) >= 11 is 0. The number of nitrogens with one attached hydrogen (secondary N) is 1. The minimum absolute atomic E-state index is 0.0899. The third-order valence-corrected chi connectivity index (χ3v) is 7.94. The fraction of sp³-hybridized carbons (Fsp3) is 0.310. The average Bonchev–Trinajstić information content (AvgIpc) is 2.88. The van der Waals surface area contributed by atoms with Crippen LogP contribution in [0.25, 0.3) is 0 Å². The number of rotatable bonds is 11. The van der Waals surface area contributed by atoms with Crippen LogP contribution in [0.2, 0.25) is 0 Å². The van der Waals surface area contributed by atoms with E-state index in [-0.39, 0.29) is 17.3 Å². The molecule has 1 N–H and O–H groups in total. The molecule has 7 nitrogen and oxygen atoms in total. The number of carbonyl (C=O) groups excluding carboxylic acids is 2. The Morgan fingerprint density at radius 1 is 0.892 bits per heavy atom. The van der Waals surface area contributed by atoms with E-state index in [9.17, 15) is 18.0 Å². The summed E-state index contributed by atoms with van der Waals surface area (Å²) < 4.78 is 28.7. The van der Waals surface area contributed by atoms with Crippen molar-refractivity contribution >= 4 is 27.5 Å². The molecular formula is C29H35N3O4S. The van der Waals surface area contributed by atoms with Gasteiger partial charge in [-0.05, 0) is 56.5 Å². The van der Waals surface area contributed by atoms with Crippen LogP contribution >= 0.6 is 0 Å². The van der Waals surface area contributed by atoms with Gasteiger partial charge >= 0.3 is 0 Å². The molecule has 0 aliphatic rings. The third-order valence-electron chi connectivity index (χ3n) is 6.17. The van der Waals surface area contributed by atoms with E-state index in [4.69, 9.17) is 0 Å². The van der Waals surface area contributed by atoms with Gasteiger partial charge in [-0.2, -0.15) is 0 Å². The molecule has 3 aromatic carbocycles. The van der Waals surface area contributed by atoms with Crippen molar-refractivity contribution in [1.82, 2.24) is 10.2 Å². The highest BCUT2D eigenvalue weighted by atomic mass is 32.2. The lowest BCUT2D eigenvalue weighted by molar-refractivity contribution is -0.140. The lowest BCUT2D eigenvalue weighted by Crippen LogP contribution is -2.52. The average molecular weight is 522 g/mol. The number of benzene rings is 3. The molecule has 3 aromatic rings. The molecule has 0 saturated heterocycles. The SMILES string of the molecule is CCNC(=O)C(CC)N(Cc1cccc(C)c1)C(=O)CN(c1ccccc1C)S(=O)(=O)c1ccccc1. The highest BCUT2D eigenvalue weighted by Gasteiger charge is 2.33. The topological polar surface area (TPSA) is 86.8 Å². The zero-order chi connectivity index (χ0) is 27.0. The highest BCUT2D eigenvalue weighted by Crippen LogP contribution is 2.27. The van der Waals surface area contributed by atoms with E-state index in [1.807, 2.05) is 51.1 Å². The molecule has 37 heavy (non-hydrogen) atoms. The third kappa shape index (κ3) is 6.77. The van der Waals surface area contributed by atoms with Crippen molar-refractivity contribution in [3.8, 4) is 0 Å². The Labute approximate surface area is 220 Å². The molecule has 0 aliphatic heterocycles. The Balaban J connectivity index is 2.06. The van der Waals surface area contributed by atoms with Crippen molar-refractivity contribution in [2.75, 3.05) is 17.4 Å². The van der Waals surface area contributed by atoms with Gasteiger partial charge in [0.25, 0.3) is 10.0 Å². The molecule has 0 bridgehead atoms. The maximum atomic E-state index is 14.0. The van der Waals surface area contributed by atoms with Gasteiger partial charge in [0.05, 0.1) is 10.6 Å². The van der Waals surface area contributed by atoms with Gasteiger partial charge in [-0.15, -0.1) is 0 Å². The van der Waals surface area contributed by atoms with E-state index in [1.54, 1.807) is 43.3 Å². The minimum Gasteiger partial charge on any atom is -0.355 e. The Morgan fingerprint density at radius 3 is 2.19 bits per heavy atom. The lowest BCUT2D eigenvalue weighted by atomic mass is 10.1. The highest BCUT2D eigenvalue weighted by molar-refractivity contribution is 7.92. The summed E-state index contributed by atoms with van der Waals surface area (Å²) in [7, 11) is -4.06. The van der Waals surface area contributed by atoms with Gasteiger partial charge in [-0.3, -0.25) is 13.9 Å². The first-order valence-corrected chi connectivity index (χ1v) is 13.9. The molecule has 8 heteroatoms. The van der Waals surface area contributed by atoms with Crippen molar-refractivity contribution in [2.24, 2.45) is 0 Å². The molecule has 0 aromatic heterocycles. The van der Waals surface area contributed by atoms with Gasteiger partial charge in [-0.25, -0.2) is 8.42 Å². The summed E-state index contributed by atoms with van der Waals surface area (Å²) in [6, 6.07) is 22.1. The van der Waals surface area contributed by atoms with E-state index in [0.29, 0.717) is 18.7 Å². The molecule has 0 heterocycles. The Hall–Kier alpha value is -3.65. The molecule has 0 aliphatic carbocycles. The van der Waals surface area contributed by atoms with Crippen LogP contribution in [0.5, 0.6) is 0 Å². The summed E-state index contributed by atoms with van der Waals surface area (Å²) in [5, 5.41) is 2.81. The number of hydrogen-bond donors (Lipinski definition) is 1. The van der Waals surface area contributed by atoms with Crippen molar-refractivity contribution in [3.05, 3.63) is 95.6 Å². The zero-order valence-electron chi connectivity index (χ0n) is 21.8. The number of hydrogen-bond acceptors (Lipinski definition) is 4. The van der Waals surface area contributed by atoms with E-state index in [2.05, 4.69) is 5.32 Å². The van der Waals surface area contributed by atoms with Gasteiger partial charge in [0.2, 0.25) is 11.8 Å². The maximum absolute atomic E-state index is 14.0. The standard InChI is InChI=1S/C29H35N3O4S/c1-5-26(29(34)30-6-2)31(20-24-15-12-13-22(3)19-24)28(33)21-32(27-18-11-10-14-23(27)4)37(35,36)25-16-8-7-9-17-25/h7-19,26H,5-6,20-21H2,1-4H3,(H,30,34). The van der Waals surface area contributed by atoms with E-state index in [1.165, 1.54) is 17.0 Å². The first kappa shape index (κ1) is 27.9. The quantitative estimate of drug-likeness (QED) is 0.404. The maximum Gasteiger partial charge on any atom is 0.264 e. The monoisotopic (exact) mass is 521 g/mol. The van der Waals surface area contributed by atoms with Gasteiger partial charge in [0, 0.05) is 13.1 Å². The largest absolute Gasteiger partial charge is 0.355 e. The van der Waals surface area contributed by atoms with Crippen LogP contribution in [0.1, 0.15) is 37.0 Å². The van der Waals surface area contributed by atoms with Crippen molar-refractivity contribution in [3.63, 3.8) is 0 Å². The molecular weight excluding hydrogens is 486 g/mol. The first-order chi connectivity index (χ1) is 17.7. The van der Waals surface area contributed by atoms with Crippen molar-refractivity contribution < 1.29 is 18.0 Å². The van der Waals surface area contributed by atoms with Crippen molar-refractivity contribution in [2.45, 2.75) is 51.6 Å². The Morgan fingerprint density at radius 2 is 1.57 bits per heavy atom. The summed E-state index contributed by atoms with van der Waals surface area (Å²) in [6.45, 7) is 7.61. The van der Waals surface area contributed by atoms with Gasteiger partial charge in [-0.1, -0.05) is 73.2 Å². The molecule has 2 amide bonds. The molecule has 1 unspecified atom stereocenters. The fourth-order valence-corrected chi connectivity index (χ4v) is 5.79. The Bertz CT molecular complexity index is 1330. The van der Waals surface area contributed by atoms with Crippen LogP contribution in [-0.4, -0.2) is 44.3 Å². The number of aryl methyl sites for hydroxylation is 2. The number of amides is 2. The normalized spacial score (nSPS) is 12.0. The summed E-state index contributed by atoms with van der Waals surface area (Å²) in [6.07, 6.45) is 0.388. The number of sulfonamides is 1. The molecule has 1 atom stereocenters. The van der Waals surface area contributed by atoms with Gasteiger partial charge < -0.3 is 10.2 Å². The van der Waals surface area contributed by atoms with E-state index < -0.39 is 28.5 Å². The fourth-order valence-electron chi connectivity index (χ4n) is 4.29. The molecule has 0 fully saturated rings. The smallest absolute Gasteiger partial charge is 0.264 e. The predicted molar refractivity (Wildman–Crippen MR) is 147 cm³/mol. The summed E-state index contributed by atoms with van der Waals surface area (Å²) in [4.78, 5) is 28.5. The number of nitrogens with zero attached hydrogens (tertiary/aromatic N) is 2. The molecule has 0 saturated carbocycles. The Kier molecular flexibility index (Phi) is 9.47. The predicted octanol–water partition coefficient (Wildman–Crippen LogP) is 4.44. The van der Waals surface area contributed by atoms with Crippen LogP contribution in [0, 0.1) is 13.8 Å². The van der Waals surface area contributed by atoms with Crippen LogP contribution in [0.4, 0.5) is 5.69 Å². The number of likely N-dealkylation sites (N-methyl/N-ethyl adjacent to an activating group) is 1.